The summed E-state index contributed by atoms with van der Waals surface area (Å²) in [5.74, 6) is 2.08. The van der Waals surface area contributed by atoms with Gasteiger partial charge >= 0.3 is 0 Å². The Kier molecular flexibility index (Phi) is 3.77. The van der Waals surface area contributed by atoms with Gasteiger partial charge in [-0.15, -0.1) is 5.10 Å². The second kappa shape index (κ2) is 5.73. The van der Waals surface area contributed by atoms with Crippen molar-refractivity contribution >= 4 is 11.6 Å². The molecule has 0 radical (unpaired) electrons. The predicted octanol–water partition coefficient (Wildman–Crippen LogP) is 1.84. The molecule has 22 heavy (non-hydrogen) atoms. The van der Waals surface area contributed by atoms with Crippen molar-refractivity contribution in [2.75, 3.05) is 25.1 Å². The molecule has 0 aliphatic heterocycles. The van der Waals surface area contributed by atoms with Gasteiger partial charge in [0.15, 0.2) is 5.82 Å². The normalized spacial score (nSPS) is 11.1. The highest BCUT2D eigenvalue weighted by atomic mass is 16.3. The van der Waals surface area contributed by atoms with Crippen molar-refractivity contribution in [2.45, 2.75) is 13.8 Å². The predicted molar refractivity (Wildman–Crippen MR) is 86.0 cm³/mol. The number of aliphatic hydroxyl groups is 1. The Labute approximate surface area is 129 Å². The molecular weight excluding hydrogens is 278 g/mol. The van der Waals surface area contributed by atoms with Crippen molar-refractivity contribution in [1.82, 2.24) is 19.6 Å². The Bertz CT molecular complexity index is 794. The van der Waals surface area contributed by atoms with E-state index in [1.165, 1.54) is 5.56 Å². The number of fused-ring (bicyclic) bond motifs is 1. The monoisotopic (exact) mass is 297 g/mol. The second-order valence-corrected chi connectivity index (χ2v) is 5.41. The van der Waals surface area contributed by atoms with Gasteiger partial charge in [0.05, 0.1) is 6.61 Å². The van der Waals surface area contributed by atoms with Crippen molar-refractivity contribution < 1.29 is 5.11 Å². The first-order valence-corrected chi connectivity index (χ1v) is 7.22. The number of hydrogen-bond donors (Lipinski definition) is 1. The number of aryl methyl sites for hydroxylation is 2. The molecule has 0 unspecified atom stereocenters. The first kappa shape index (κ1) is 14.5. The summed E-state index contributed by atoms with van der Waals surface area (Å²) in [4.78, 5) is 10.9. The summed E-state index contributed by atoms with van der Waals surface area (Å²) < 4.78 is 1.72. The Hall–Kier alpha value is -2.47. The first-order chi connectivity index (χ1) is 10.6. The van der Waals surface area contributed by atoms with Crippen LogP contribution in [0.5, 0.6) is 0 Å². The lowest BCUT2D eigenvalue weighted by atomic mass is 10.1. The summed E-state index contributed by atoms with van der Waals surface area (Å²) in [6.45, 7) is 4.58. The average molecular weight is 297 g/mol. The maximum atomic E-state index is 9.15. The molecule has 0 aliphatic rings. The van der Waals surface area contributed by atoms with Crippen LogP contribution in [0.15, 0.2) is 30.3 Å². The summed E-state index contributed by atoms with van der Waals surface area (Å²) in [6.07, 6.45) is 0. The molecule has 3 rings (SSSR count). The Morgan fingerprint density at radius 3 is 2.55 bits per heavy atom. The van der Waals surface area contributed by atoms with E-state index in [9.17, 15) is 0 Å². The van der Waals surface area contributed by atoms with Gasteiger partial charge in [-0.1, -0.05) is 29.8 Å². The van der Waals surface area contributed by atoms with Gasteiger partial charge in [0.2, 0.25) is 0 Å². The summed E-state index contributed by atoms with van der Waals surface area (Å²) in [5, 5.41) is 13.7. The molecule has 0 fully saturated rings. The zero-order chi connectivity index (χ0) is 15.7. The number of nitrogens with zero attached hydrogens (tertiary/aromatic N) is 5. The number of likely N-dealkylation sites (N-methyl/N-ethyl adjacent to an activating group) is 1. The standard InChI is InChI=1S/C16H19N5O/c1-11-4-6-13(7-5-11)15-18-16-17-12(2)10-14(21(16)19-15)20(3)8-9-22/h4-7,10,22H,8-9H2,1-3H3. The molecule has 6 heteroatoms. The minimum absolute atomic E-state index is 0.0822. The topological polar surface area (TPSA) is 66.5 Å². The van der Waals surface area contributed by atoms with Crippen LogP contribution < -0.4 is 4.90 Å². The van der Waals surface area contributed by atoms with E-state index >= 15 is 0 Å². The largest absolute Gasteiger partial charge is 0.395 e. The minimum Gasteiger partial charge on any atom is -0.395 e. The third-order valence-electron chi connectivity index (χ3n) is 3.56. The molecule has 0 aliphatic carbocycles. The number of aromatic nitrogens is 4. The van der Waals surface area contributed by atoms with Gasteiger partial charge < -0.3 is 10.0 Å². The number of benzene rings is 1. The van der Waals surface area contributed by atoms with E-state index in [0.29, 0.717) is 18.1 Å². The van der Waals surface area contributed by atoms with Crippen LogP contribution >= 0.6 is 0 Å². The van der Waals surface area contributed by atoms with Crippen molar-refractivity contribution in [1.29, 1.82) is 0 Å². The molecule has 0 saturated heterocycles. The van der Waals surface area contributed by atoms with Crippen LogP contribution in [0.25, 0.3) is 17.2 Å². The fourth-order valence-electron chi connectivity index (χ4n) is 2.33. The molecule has 0 saturated carbocycles. The molecule has 6 nitrogen and oxygen atoms in total. The quantitative estimate of drug-likeness (QED) is 0.796. The smallest absolute Gasteiger partial charge is 0.254 e. The second-order valence-electron chi connectivity index (χ2n) is 5.41. The van der Waals surface area contributed by atoms with E-state index in [1.807, 2.05) is 56.1 Å². The number of rotatable bonds is 4. The summed E-state index contributed by atoms with van der Waals surface area (Å²) in [5.41, 5.74) is 3.03. The molecule has 2 aromatic heterocycles. The molecule has 3 aromatic rings. The van der Waals surface area contributed by atoms with Crippen molar-refractivity contribution in [3.8, 4) is 11.4 Å². The van der Waals surface area contributed by atoms with Gasteiger partial charge in [-0.05, 0) is 13.8 Å². The van der Waals surface area contributed by atoms with Crippen LogP contribution in [0.3, 0.4) is 0 Å². The maximum Gasteiger partial charge on any atom is 0.254 e. The van der Waals surface area contributed by atoms with Crippen LogP contribution in [0.1, 0.15) is 11.3 Å². The van der Waals surface area contributed by atoms with Crippen LogP contribution in [0.4, 0.5) is 5.82 Å². The van der Waals surface area contributed by atoms with E-state index in [0.717, 1.165) is 17.1 Å². The third-order valence-corrected chi connectivity index (χ3v) is 3.56. The summed E-state index contributed by atoms with van der Waals surface area (Å²) in [6, 6.07) is 10.0. The van der Waals surface area contributed by atoms with Gasteiger partial charge in [-0.2, -0.15) is 9.50 Å². The molecular formula is C16H19N5O. The van der Waals surface area contributed by atoms with Gasteiger partial charge in [0.25, 0.3) is 5.78 Å². The van der Waals surface area contributed by atoms with Crippen LogP contribution in [-0.2, 0) is 0 Å². The van der Waals surface area contributed by atoms with Crippen molar-refractivity contribution in [2.24, 2.45) is 0 Å². The van der Waals surface area contributed by atoms with Crippen LogP contribution in [-0.4, -0.2) is 44.9 Å². The van der Waals surface area contributed by atoms with Gasteiger partial charge in [0, 0.05) is 30.9 Å². The molecule has 0 amide bonds. The Morgan fingerprint density at radius 1 is 1.14 bits per heavy atom. The summed E-state index contributed by atoms with van der Waals surface area (Å²) in [7, 11) is 1.91. The van der Waals surface area contributed by atoms with E-state index in [4.69, 9.17) is 5.11 Å². The van der Waals surface area contributed by atoms with Crippen molar-refractivity contribution in [3.05, 3.63) is 41.6 Å². The lowest BCUT2D eigenvalue weighted by Gasteiger charge is -2.18. The Morgan fingerprint density at radius 2 is 1.86 bits per heavy atom. The zero-order valence-corrected chi connectivity index (χ0v) is 13.0. The fourth-order valence-corrected chi connectivity index (χ4v) is 2.33. The van der Waals surface area contributed by atoms with E-state index in [2.05, 4.69) is 15.1 Å². The minimum atomic E-state index is 0.0822. The van der Waals surface area contributed by atoms with Crippen molar-refractivity contribution in [3.63, 3.8) is 0 Å². The molecule has 0 bridgehead atoms. The molecule has 2 heterocycles. The SMILES string of the molecule is Cc1ccc(-c2nc3nc(C)cc(N(C)CCO)n3n2)cc1. The summed E-state index contributed by atoms with van der Waals surface area (Å²) >= 11 is 0. The molecule has 114 valence electrons. The van der Waals surface area contributed by atoms with Gasteiger partial charge in [-0.25, -0.2) is 4.98 Å². The molecule has 1 aromatic carbocycles. The van der Waals surface area contributed by atoms with E-state index in [-0.39, 0.29) is 6.61 Å². The lowest BCUT2D eigenvalue weighted by Crippen LogP contribution is -2.24. The zero-order valence-electron chi connectivity index (χ0n) is 13.0. The lowest BCUT2D eigenvalue weighted by molar-refractivity contribution is 0.303. The molecule has 0 spiro atoms. The van der Waals surface area contributed by atoms with E-state index in [1.54, 1.807) is 4.52 Å². The number of hydrogen-bond acceptors (Lipinski definition) is 5. The Balaban J connectivity index is 2.12. The maximum absolute atomic E-state index is 9.15. The number of aliphatic hydroxyl groups excluding tert-OH is 1. The molecule has 0 atom stereocenters. The van der Waals surface area contributed by atoms with Crippen LogP contribution in [0.2, 0.25) is 0 Å². The highest BCUT2D eigenvalue weighted by Crippen LogP contribution is 2.20. The average Bonchev–Trinajstić information content (AvgIpc) is 2.91. The van der Waals surface area contributed by atoms with Crippen LogP contribution in [0, 0.1) is 13.8 Å². The van der Waals surface area contributed by atoms with E-state index < -0.39 is 0 Å². The van der Waals surface area contributed by atoms with Gasteiger partial charge in [-0.3, -0.25) is 0 Å². The van der Waals surface area contributed by atoms with Gasteiger partial charge in [0.1, 0.15) is 5.82 Å². The number of anilines is 1. The first-order valence-electron chi connectivity index (χ1n) is 7.22. The highest BCUT2D eigenvalue weighted by molar-refractivity contribution is 5.59. The fraction of sp³-hybridized carbons (Fsp3) is 0.312. The third kappa shape index (κ3) is 2.65. The molecule has 1 N–H and O–H groups in total. The highest BCUT2D eigenvalue weighted by Gasteiger charge is 2.13.